The maximum Gasteiger partial charge on any atom is 1.00 e. The topological polar surface area (TPSA) is 225 Å². The van der Waals surface area contributed by atoms with E-state index < -0.39 is 7.32 Å². The standard InChI is InChI=1S/BO3.4K.5H2O/c2-1(3)4;;;;;;;;;/h;;;;;5*1H2/q-3;4*+1;;;;;/p-1. The first-order valence-corrected chi connectivity index (χ1v) is 0.707. The molecule has 13 heavy (non-hydrogen) atoms. The van der Waals surface area contributed by atoms with E-state index in [1.807, 2.05) is 0 Å². The third-order valence-electron chi connectivity index (χ3n) is 0. The Labute approximate surface area is 247 Å². The Morgan fingerprint density at radius 2 is 0.538 bits per heavy atom. The molecule has 0 rings (SSSR count). The van der Waals surface area contributed by atoms with Gasteiger partial charge in [0.25, 0.3) is 0 Å². The van der Waals surface area contributed by atoms with Gasteiger partial charge in [-0.2, -0.15) is 0 Å². The number of rotatable bonds is 0. The minimum atomic E-state index is -2.92. The molecule has 0 aliphatic heterocycles. The van der Waals surface area contributed by atoms with Gasteiger partial charge in [0.15, 0.2) is 0 Å². The molecule has 0 aromatic rings. The SMILES string of the molecule is O.O.O.O.[K+].[K+].[K+].[K+].[O-]B([O-])[O-].[OH-]. The van der Waals surface area contributed by atoms with E-state index in [-0.39, 0.29) is 233 Å². The molecule has 13 heteroatoms. The molecule has 0 aromatic carbocycles. The van der Waals surface area contributed by atoms with Gasteiger partial charge in [-0.3, -0.25) is 7.32 Å². The summed E-state index contributed by atoms with van der Waals surface area (Å²) in [5, 5.41) is 25.2. The Kier molecular flexibility index (Phi) is 364. The molecule has 9 N–H and O–H groups in total. The summed E-state index contributed by atoms with van der Waals surface area (Å²) < 4.78 is 0. The summed E-state index contributed by atoms with van der Waals surface area (Å²) in [5.41, 5.74) is 0. The molecule has 0 saturated heterocycles. The molecule has 0 atom stereocenters. The van der Waals surface area contributed by atoms with Gasteiger partial charge in [-0.1, -0.05) is 0 Å². The summed E-state index contributed by atoms with van der Waals surface area (Å²) in [6.07, 6.45) is 0. The predicted molar refractivity (Wildman–Crippen MR) is 22.1 cm³/mol. The van der Waals surface area contributed by atoms with Gasteiger partial charge in [-0.15, -0.1) is 0 Å². The van der Waals surface area contributed by atoms with Gasteiger partial charge in [0, 0.05) is 0 Å². The van der Waals surface area contributed by atoms with Crippen molar-refractivity contribution in [1.82, 2.24) is 0 Å². The molecular formula is H9BK4O8. The summed E-state index contributed by atoms with van der Waals surface area (Å²) in [6.45, 7) is 0. The fraction of sp³-hybridized carbons (Fsp3) is 0. The Hall–Kier alpha value is 6.29. The first kappa shape index (κ1) is 74.8. The molecule has 0 aliphatic carbocycles. The molecule has 0 heterocycles. The van der Waals surface area contributed by atoms with Gasteiger partial charge in [0.1, 0.15) is 0 Å². The molecule has 0 saturated carbocycles. The largest absolute Gasteiger partial charge is 1.00 e. The Morgan fingerprint density at radius 1 is 0.538 bits per heavy atom. The smallest absolute Gasteiger partial charge is 0.907 e. The van der Waals surface area contributed by atoms with Crippen molar-refractivity contribution in [3.8, 4) is 0 Å². The quantitative estimate of drug-likeness (QED) is 0.397. The van der Waals surface area contributed by atoms with Crippen LogP contribution >= 0.6 is 0 Å². The molecule has 0 bridgehead atoms. The average molecular weight is 304 g/mol. The van der Waals surface area contributed by atoms with Gasteiger partial charge >= 0.3 is 206 Å². The van der Waals surface area contributed by atoms with Crippen LogP contribution in [0, 0.1) is 0 Å². The first-order chi connectivity index (χ1) is 1.73. The van der Waals surface area contributed by atoms with Crippen molar-refractivity contribution in [3.05, 3.63) is 0 Å². The molecule has 0 amide bonds. The Morgan fingerprint density at radius 3 is 0.538 bits per heavy atom. The maximum absolute atomic E-state index is 8.42. The fourth-order valence-electron chi connectivity index (χ4n) is 0. The van der Waals surface area contributed by atoms with E-state index in [2.05, 4.69) is 0 Å². The second-order valence-corrected chi connectivity index (χ2v) is 0.289. The van der Waals surface area contributed by atoms with E-state index >= 15 is 0 Å². The van der Waals surface area contributed by atoms with E-state index in [1.165, 1.54) is 0 Å². The van der Waals surface area contributed by atoms with Crippen LogP contribution in [0.1, 0.15) is 0 Å². The van der Waals surface area contributed by atoms with E-state index in [0.717, 1.165) is 0 Å². The van der Waals surface area contributed by atoms with Crippen molar-refractivity contribution in [2.75, 3.05) is 0 Å². The van der Waals surface area contributed by atoms with Crippen molar-refractivity contribution in [3.63, 3.8) is 0 Å². The monoisotopic (exact) mass is 304 g/mol. The zero-order valence-electron chi connectivity index (χ0n) is 8.25. The first-order valence-electron chi connectivity index (χ1n) is 0.707. The zero-order valence-corrected chi connectivity index (χ0v) is 20.7. The van der Waals surface area contributed by atoms with Gasteiger partial charge in [-0.25, -0.2) is 0 Å². The van der Waals surface area contributed by atoms with Gasteiger partial charge in [0.05, 0.1) is 0 Å². The zero-order chi connectivity index (χ0) is 3.58. The summed E-state index contributed by atoms with van der Waals surface area (Å²) in [7, 11) is -2.92. The Bertz CT molecular complexity index is 20.9. The molecule has 0 radical (unpaired) electrons. The average Bonchev–Trinajstić information content (AvgIpc) is 0.811. The molecule has 0 spiro atoms. The Balaban J connectivity index is -0.00000000125. The summed E-state index contributed by atoms with van der Waals surface area (Å²) >= 11 is 0. The van der Waals surface area contributed by atoms with Crippen LogP contribution in [0.5, 0.6) is 0 Å². The molecule has 0 aromatic heterocycles. The van der Waals surface area contributed by atoms with E-state index in [4.69, 9.17) is 15.1 Å². The number of hydrogen-bond donors (Lipinski definition) is 0. The normalized spacial score (nSPS) is 2.08. The van der Waals surface area contributed by atoms with Crippen LogP contribution in [0.2, 0.25) is 0 Å². The minimum absolute atomic E-state index is 0. The second kappa shape index (κ2) is 63.4. The van der Waals surface area contributed by atoms with Crippen LogP contribution in [0.25, 0.3) is 0 Å². The van der Waals surface area contributed by atoms with Crippen molar-refractivity contribution in [2.45, 2.75) is 0 Å². The van der Waals surface area contributed by atoms with Crippen LogP contribution in [0.4, 0.5) is 0 Å². The van der Waals surface area contributed by atoms with E-state index in [1.54, 1.807) is 0 Å². The van der Waals surface area contributed by atoms with Crippen LogP contribution in [-0.2, 0) is 0 Å². The van der Waals surface area contributed by atoms with E-state index in [0.29, 0.717) is 0 Å². The van der Waals surface area contributed by atoms with Gasteiger partial charge in [-0.05, 0) is 0 Å². The summed E-state index contributed by atoms with van der Waals surface area (Å²) in [5.74, 6) is 0. The molecule has 0 fully saturated rings. The predicted octanol–water partition coefficient (Wildman–Crippen LogP) is -19.4. The minimum Gasteiger partial charge on any atom is -0.907 e. The second-order valence-electron chi connectivity index (χ2n) is 0.289. The third kappa shape index (κ3) is 123. The molecule has 0 unspecified atom stereocenters. The van der Waals surface area contributed by atoms with Crippen molar-refractivity contribution in [1.29, 1.82) is 0 Å². The summed E-state index contributed by atoms with van der Waals surface area (Å²) in [6, 6.07) is 0. The number of hydrogen-bond acceptors (Lipinski definition) is 4. The van der Waals surface area contributed by atoms with Gasteiger partial charge < -0.3 is 42.5 Å². The van der Waals surface area contributed by atoms with E-state index in [9.17, 15) is 0 Å². The van der Waals surface area contributed by atoms with Crippen LogP contribution in [0.3, 0.4) is 0 Å². The van der Waals surface area contributed by atoms with Crippen molar-refractivity contribution < 1.29 is 248 Å². The summed E-state index contributed by atoms with van der Waals surface area (Å²) in [4.78, 5) is 0. The van der Waals surface area contributed by atoms with Crippen LogP contribution in [-0.4, -0.2) is 34.7 Å². The molecular weight excluding hydrogens is 295 g/mol. The van der Waals surface area contributed by atoms with Crippen molar-refractivity contribution >= 4 is 7.32 Å². The molecule has 8 nitrogen and oxygen atoms in total. The van der Waals surface area contributed by atoms with Gasteiger partial charge in [0.2, 0.25) is 0 Å². The maximum atomic E-state index is 8.42. The fourth-order valence-corrected chi connectivity index (χ4v) is 0. The van der Waals surface area contributed by atoms with Crippen molar-refractivity contribution in [2.24, 2.45) is 0 Å². The third-order valence-corrected chi connectivity index (χ3v) is 0. The molecule has 0 aliphatic rings. The molecule has 64 valence electrons. The van der Waals surface area contributed by atoms with Crippen LogP contribution < -0.4 is 221 Å². The van der Waals surface area contributed by atoms with Crippen LogP contribution in [0.15, 0.2) is 0 Å².